The number of hydrogen-bond donors (Lipinski definition) is 1. The van der Waals surface area contributed by atoms with Crippen molar-refractivity contribution in [1.82, 2.24) is 4.31 Å². The summed E-state index contributed by atoms with van der Waals surface area (Å²) >= 11 is 1.51. The third-order valence-electron chi connectivity index (χ3n) is 6.15. The predicted octanol–water partition coefficient (Wildman–Crippen LogP) is 3.80. The molecule has 2 aliphatic heterocycles. The third kappa shape index (κ3) is 4.81. The number of fused-ring (bicyclic) bond motifs is 1. The van der Waals surface area contributed by atoms with Gasteiger partial charge in [-0.3, -0.25) is 9.59 Å². The maximum absolute atomic E-state index is 13.2. The molecule has 1 fully saturated rings. The molecule has 2 aliphatic rings. The summed E-state index contributed by atoms with van der Waals surface area (Å²) in [5, 5.41) is 2.94. The van der Waals surface area contributed by atoms with Gasteiger partial charge in [0.25, 0.3) is 0 Å². The second kappa shape index (κ2) is 9.48. The van der Waals surface area contributed by atoms with Gasteiger partial charge in [0.05, 0.1) is 10.6 Å². The number of nitrogens with zero attached hydrogens (tertiary/aromatic N) is 2. The quantitative estimate of drug-likeness (QED) is 0.693. The van der Waals surface area contributed by atoms with E-state index in [-0.39, 0.29) is 29.2 Å². The molecule has 33 heavy (non-hydrogen) atoms. The molecule has 1 N–H and O–H groups in total. The summed E-state index contributed by atoms with van der Waals surface area (Å²) in [5.74, 6) is -0.236. The molecule has 176 valence electrons. The number of nitrogens with one attached hydrogen (secondary N) is 1. The van der Waals surface area contributed by atoms with Crippen molar-refractivity contribution in [2.45, 2.75) is 43.4 Å². The van der Waals surface area contributed by atoms with Gasteiger partial charge in [-0.25, -0.2) is 8.42 Å². The Balaban J connectivity index is 1.67. The zero-order valence-corrected chi connectivity index (χ0v) is 20.8. The minimum atomic E-state index is -3.64. The van der Waals surface area contributed by atoms with Crippen molar-refractivity contribution in [3.63, 3.8) is 0 Å². The van der Waals surface area contributed by atoms with E-state index in [2.05, 4.69) is 5.32 Å². The van der Waals surface area contributed by atoms with Crippen LogP contribution in [0.3, 0.4) is 0 Å². The number of carbonyl (C=O) groups excluding carboxylic acids is 2. The summed E-state index contributed by atoms with van der Waals surface area (Å²) in [7, 11) is -3.64. The monoisotopic (exact) mass is 487 g/mol. The van der Waals surface area contributed by atoms with E-state index in [0.29, 0.717) is 24.5 Å². The average Bonchev–Trinajstić information content (AvgIpc) is 3.30. The van der Waals surface area contributed by atoms with Crippen molar-refractivity contribution in [3.05, 3.63) is 47.5 Å². The van der Waals surface area contributed by atoms with Crippen LogP contribution in [0.2, 0.25) is 0 Å². The SMILES string of the molecule is Cc1cccc(C)c1NC(=O)CN1C(=O)C(C)CSc2ccc(S(=O)(=O)N3CCCC3)cc21. The molecule has 2 heterocycles. The lowest BCUT2D eigenvalue weighted by molar-refractivity contribution is -0.123. The normalized spacial score (nSPS) is 19.3. The van der Waals surface area contributed by atoms with E-state index in [9.17, 15) is 18.0 Å². The lowest BCUT2D eigenvalue weighted by Gasteiger charge is -2.25. The second-order valence-corrected chi connectivity index (χ2v) is 11.7. The van der Waals surface area contributed by atoms with E-state index in [0.717, 1.165) is 34.6 Å². The third-order valence-corrected chi connectivity index (χ3v) is 9.37. The number of thioether (sulfide) groups is 1. The van der Waals surface area contributed by atoms with Gasteiger partial charge in [-0.2, -0.15) is 4.31 Å². The van der Waals surface area contributed by atoms with Crippen molar-refractivity contribution < 1.29 is 18.0 Å². The number of benzene rings is 2. The Morgan fingerprint density at radius 1 is 1.12 bits per heavy atom. The van der Waals surface area contributed by atoms with Crippen LogP contribution in [0.1, 0.15) is 30.9 Å². The zero-order chi connectivity index (χ0) is 23.8. The van der Waals surface area contributed by atoms with Gasteiger partial charge in [-0.15, -0.1) is 11.8 Å². The number of hydrogen-bond acceptors (Lipinski definition) is 5. The van der Waals surface area contributed by atoms with Crippen molar-refractivity contribution in [2.75, 3.05) is 35.6 Å². The Hall–Kier alpha value is -2.36. The number of amides is 2. The number of para-hydroxylation sites is 1. The number of aryl methyl sites for hydroxylation is 2. The van der Waals surface area contributed by atoms with Crippen LogP contribution < -0.4 is 10.2 Å². The first-order chi connectivity index (χ1) is 15.7. The van der Waals surface area contributed by atoms with Gasteiger partial charge in [-0.1, -0.05) is 25.1 Å². The maximum atomic E-state index is 13.2. The molecule has 1 unspecified atom stereocenters. The van der Waals surface area contributed by atoms with Gasteiger partial charge in [0.15, 0.2) is 0 Å². The summed E-state index contributed by atoms with van der Waals surface area (Å²) in [4.78, 5) is 28.6. The minimum absolute atomic E-state index is 0.159. The van der Waals surface area contributed by atoms with E-state index in [1.54, 1.807) is 18.2 Å². The molecule has 0 radical (unpaired) electrons. The molecule has 0 saturated carbocycles. The number of carbonyl (C=O) groups is 2. The molecule has 9 heteroatoms. The molecule has 1 atom stereocenters. The minimum Gasteiger partial charge on any atom is -0.324 e. The summed E-state index contributed by atoms with van der Waals surface area (Å²) in [6.07, 6.45) is 1.70. The first-order valence-electron chi connectivity index (χ1n) is 11.1. The highest BCUT2D eigenvalue weighted by atomic mass is 32.2. The lowest BCUT2D eigenvalue weighted by Crippen LogP contribution is -2.41. The Morgan fingerprint density at radius 3 is 2.45 bits per heavy atom. The van der Waals surface area contributed by atoms with Crippen LogP contribution in [0.15, 0.2) is 46.2 Å². The first-order valence-corrected chi connectivity index (χ1v) is 13.6. The van der Waals surface area contributed by atoms with Crippen molar-refractivity contribution in [3.8, 4) is 0 Å². The van der Waals surface area contributed by atoms with Crippen LogP contribution in [0, 0.1) is 19.8 Å². The van der Waals surface area contributed by atoms with Crippen LogP contribution in [0.25, 0.3) is 0 Å². The van der Waals surface area contributed by atoms with E-state index >= 15 is 0 Å². The standard InChI is InChI=1S/C24H29N3O4S2/c1-16-7-6-8-17(2)23(16)25-22(28)14-27-20-13-19(33(30,31)26-11-4-5-12-26)9-10-21(20)32-15-18(3)24(27)29/h6-10,13,18H,4-5,11-12,14-15H2,1-3H3,(H,25,28). The van der Waals surface area contributed by atoms with Crippen LogP contribution in [-0.2, 0) is 19.6 Å². The highest BCUT2D eigenvalue weighted by molar-refractivity contribution is 7.99. The first kappa shape index (κ1) is 23.8. The zero-order valence-electron chi connectivity index (χ0n) is 19.1. The van der Waals surface area contributed by atoms with Crippen LogP contribution >= 0.6 is 11.8 Å². The predicted molar refractivity (Wildman–Crippen MR) is 131 cm³/mol. The summed E-state index contributed by atoms with van der Waals surface area (Å²) in [6, 6.07) is 10.7. The molecule has 7 nitrogen and oxygen atoms in total. The van der Waals surface area contributed by atoms with Gasteiger partial charge in [0.2, 0.25) is 21.8 Å². The highest BCUT2D eigenvalue weighted by Crippen LogP contribution is 2.38. The van der Waals surface area contributed by atoms with Gasteiger partial charge in [-0.05, 0) is 56.0 Å². The smallest absolute Gasteiger partial charge is 0.244 e. The largest absolute Gasteiger partial charge is 0.324 e. The Kier molecular flexibility index (Phi) is 6.83. The lowest BCUT2D eigenvalue weighted by atomic mass is 10.1. The molecule has 0 aromatic heterocycles. The van der Waals surface area contributed by atoms with E-state index in [4.69, 9.17) is 0 Å². The summed E-state index contributed by atoms with van der Waals surface area (Å²) in [6.45, 7) is 6.50. The molecule has 1 saturated heterocycles. The molecular weight excluding hydrogens is 458 g/mol. The molecule has 4 rings (SSSR count). The summed E-state index contributed by atoms with van der Waals surface area (Å²) < 4.78 is 27.8. The van der Waals surface area contributed by atoms with E-state index in [1.807, 2.05) is 39.0 Å². The molecule has 0 spiro atoms. The maximum Gasteiger partial charge on any atom is 0.244 e. The number of sulfonamides is 1. The number of rotatable bonds is 5. The fourth-order valence-electron chi connectivity index (χ4n) is 4.24. The second-order valence-electron chi connectivity index (χ2n) is 8.69. The van der Waals surface area contributed by atoms with Crippen molar-refractivity contribution in [1.29, 1.82) is 0 Å². The number of anilines is 2. The molecule has 2 aromatic carbocycles. The molecule has 2 amide bonds. The van der Waals surface area contributed by atoms with E-state index in [1.165, 1.54) is 21.0 Å². The van der Waals surface area contributed by atoms with Crippen LogP contribution in [-0.4, -0.2) is 49.9 Å². The van der Waals surface area contributed by atoms with Crippen molar-refractivity contribution in [2.24, 2.45) is 5.92 Å². The van der Waals surface area contributed by atoms with Gasteiger partial charge >= 0.3 is 0 Å². The van der Waals surface area contributed by atoms with Crippen LogP contribution in [0.5, 0.6) is 0 Å². The Labute approximate surface area is 199 Å². The Morgan fingerprint density at radius 2 is 1.79 bits per heavy atom. The van der Waals surface area contributed by atoms with E-state index < -0.39 is 10.0 Å². The fraction of sp³-hybridized carbons (Fsp3) is 0.417. The molecular formula is C24H29N3O4S2. The molecule has 2 aromatic rings. The highest BCUT2D eigenvalue weighted by Gasteiger charge is 2.33. The van der Waals surface area contributed by atoms with Crippen molar-refractivity contribution >= 4 is 45.0 Å². The van der Waals surface area contributed by atoms with Gasteiger partial charge in [0.1, 0.15) is 6.54 Å². The topological polar surface area (TPSA) is 86.8 Å². The molecule has 0 aliphatic carbocycles. The van der Waals surface area contributed by atoms with Gasteiger partial charge in [0, 0.05) is 35.3 Å². The Bertz CT molecular complexity index is 1170. The molecule has 0 bridgehead atoms. The van der Waals surface area contributed by atoms with Gasteiger partial charge < -0.3 is 10.2 Å². The summed E-state index contributed by atoms with van der Waals surface area (Å²) in [5.41, 5.74) is 3.09. The fourth-order valence-corrected chi connectivity index (χ4v) is 6.83. The average molecular weight is 488 g/mol. The van der Waals surface area contributed by atoms with Crippen LogP contribution in [0.4, 0.5) is 11.4 Å².